The highest BCUT2D eigenvalue weighted by Gasteiger charge is 2.33. The lowest BCUT2D eigenvalue weighted by atomic mass is 10.0. The third-order valence-corrected chi connectivity index (χ3v) is 6.87. The quantitative estimate of drug-likeness (QED) is 0.714. The molecule has 3 heterocycles. The average molecular weight is 372 g/mol. The molecule has 0 radical (unpaired) electrons. The first-order valence-corrected chi connectivity index (χ1v) is 10.5. The van der Waals surface area contributed by atoms with Crippen LogP contribution >= 0.6 is 0 Å². The number of hydrogen-bond acceptors (Lipinski definition) is 5. The van der Waals surface area contributed by atoms with Gasteiger partial charge in [0.1, 0.15) is 5.82 Å². The van der Waals surface area contributed by atoms with Crippen LogP contribution in [0.2, 0.25) is 0 Å². The van der Waals surface area contributed by atoms with Gasteiger partial charge in [-0.2, -0.15) is 0 Å². The molecule has 138 valence electrons. The van der Waals surface area contributed by atoms with Crippen LogP contribution in [0.4, 0.5) is 5.82 Å². The van der Waals surface area contributed by atoms with Gasteiger partial charge in [-0.15, -0.1) is 0 Å². The van der Waals surface area contributed by atoms with Crippen LogP contribution in [0.15, 0.2) is 30.3 Å². The number of pyridine rings is 2. The number of fused-ring (bicyclic) bond motifs is 1. The summed E-state index contributed by atoms with van der Waals surface area (Å²) in [6, 6.07) is 9.23. The van der Waals surface area contributed by atoms with Crippen molar-refractivity contribution >= 4 is 26.7 Å². The van der Waals surface area contributed by atoms with E-state index in [0.717, 1.165) is 29.6 Å². The van der Waals surface area contributed by atoms with E-state index in [-0.39, 0.29) is 5.82 Å². The summed E-state index contributed by atoms with van der Waals surface area (Å²) in [7, 11) is -3.32. The second kappa shape index (κ2) is 6.39. The van der Waals surface area contributed by atoms with Gasteiger partial charge in [-0.25, -0.2) is 18.4 Å². The van der Waals surface area contributed by atoms with Crippen LogP contribution in [0.3, 0.4) is 0 Å². The second-order valence-electron chi connectivity index (χ2n) is 7.12. The minimum atomic E-state index is -3.32. The smallest absolute Gasteiger partial charge is 0.156 e. The van der Waals surface area contributed by atoms with Gasteiger partial charge in [0.25, 0.3) is 0 Å². The molecule has 0 aromatic carbocycles. The van der Waals surface area contributed by atoms with E-state index >= 15 is 0 Å². The maximum Gasteiger partial charge on any atom is 0.156 e. The fourth-order valence-corrected chi connectivity index (χ4v) is 3.40. The molecule has 0 unspecified atom stereocenters. The monoisotopic (exact) mass is 372 g/mol. The molecular weight excluding hydrogens is 348 g/mol. The molecule has 0 saturated carbocycles. The van der Waals surface area contributed by atoms with Crippen LogP contribution in [-0.4, -0.2) is 29.6 Å². The first-order chi connectivity index (χ1) is 12.1. The van der Waals surface area contributed by atoms with Gasteiger partial charge in [0.15, 0.2) is 9.84 Å². The number of nitrogens with one attached hydrogen (secondary N) is 1. The SMILES string of the molecule is CCCc1cc2nc(-c3cc(C(C)(C)S(C)(=O)=O)cc(N)n3)ccc2[nH]1. The van der Waals surface area contributed by atoms with Crippen molar-refractivity contribution < 1.29 is 8.42 Å². The number of H-pyrrole nitrogens is 1. The van der Waals surface area contributed by atoms with Crippen molar-refractivity contribution in [2.45, 2.75) is 38.4 Å². The van der Waals surface area contributed by atoms with E-state index in [2.05, 4.69) is 21.9 Å². The second-order valence-corrected chi connectivity index (χ2v) is 9.69. The van der Waals surface area contributed by atoms with Crippen LogP contribution in [-0.2, 0) is 21.0 Å². The number of aromatic nitrogens is 3. The van der Waals surface area contributed by atoms with Gasteiger partial charge in [0, 0.05) is 11.9 Å². The van der Waals surface area contributed by atoms with Crippen molar-refractivity contribution in [3.63, 3.8) is 0 Å². The molecule has 0 fully saturated rings. The van der Waals surface area contributed by atoms with Crippen molar-refractivity contribution in [2.24, 2.45) is 0 Å². The van der Waals surface area contributed by atoms with Crippen molar-refractivity contribution in [1.82, 2.24) is 15.0 Å². The van der Waals surface area contributed by atoms with Crippen LogP contribution in [0, 0.1) is 0 Å². The van der Waals surface area contributed by atoms with E-state index < -0.39 is 14.6 Å². The zero-order valence-electron chi connectivity index (χ0n) is 15.5. The van der Waals surface area contributed by atoms with Gasteiger partial charge in [-0.05, 0) is 56.2 Å². The molecule has 0 saturated heterocycles. The number of nitrogens with two attached hydrogens (primary N) is 1. The van der Waals surface area contributed by atoms with Gasteiger partial charge in [-0.3, -0.25) is 0 Å². The highest BCUT2D eigenvalue weighted by atomic mass is 32.2. The third kappa shape index (κ3) is 3.31. The van der Waals surface area contributed by atoms with Gasteiger partial charge in [0.2, 0.25) is 0 Å². The van der Waals surface area contributed by atoms with Crippen molar-refractivity contribution in [2.75, 3.05) is 12.0 Å². The van der Waals surface area contributed by atoms with Crippen molar-refractivity contribution in [1.29, 1.82) is 0 Å². The van der Waals surface area contributed by atoms with E-state index in [1.165, 1.54) is 6.26 Å². The number of anilines is 1. The standard InChI is InChI=1S/C19H24N4O2S/c1-5-6-13-11-17-14(21-13)7-8-15(22-17)16-9-12(10-18(20)23-16)19(2,3)26(4,24)25/h7-11,21H,5-6H2,1-4H3,(H2,20,23). The zero-order chi connectivity index (χ0) is 19.1. The Labute approximate surface area is 153 Å². The van der Waals surface area contributed by atoms with Crippen molar-refractivity contribution in [3.8, 4) is 11.4 Å². The molecule has 0 spiro atoms. The van der Waals surface area contributed by atoms with Crippen LogP contribution in [0.25, 0.3) is 22.4 Å². The first kappa shape index (κ1) is 18.4. The minimum absolute atomic E-state index is 0.275. The third-order valence-electron chi connectivity index (χ3n) is 4.78. The maximum atomic E-state index is 12.2. The summed E-state index contributed by atoms with van der Waals surface area (Å²) >= 11 is 0. The summed E-state index contributed by atoms with van der Waals surface area (Å²) in [5.74, 6) is 0.275. The molecule has 3 aromatic heterocycles. The molecular formula is C19H24N4O2S. The molecule has 26 heavy (non-hydrogen) atoms. The summed E-state index contributed by atoms with van der Waals surface area (Å²) in [5.41, 5.74) is 10.8. The molecule has 0 atom stereocenters. The number of nitrogens with zero attached hydrogens (tertiary/aromatic N) is 2. The van der Waals surface area contributed by atoms with E-state index in [1.807, 2.05) is 18.2 Å². The fraction of sp³-hybridized carbons (Fsp3) is 0.368. The van der Waals surface area contributed by atoms with Gasteiger partial charge < -0.3 is 10.7 Å². The summed E-state index contributed by atoms with van der Waals surface area (Å²) in [6.07, 6.45) is 3.25. The number of hydrogen-bond donors (Lipinski definition) is 2. The summed E-state index contributed by atoms with van der Waals surface area (Å²) in [6.45, 7) is 5.47. The number of nitrogen functional groups attached to an aromatic ring is 1. The summed E-state index contributed by atoms with van der Waals surface area (Å²) in [4.78, 5) is 12.4. The number of aromatic amines is 1. The summed E-state index contributed by atoms with van der Waals surface area (Å²) < 4.78 is 23.3. The molecule has 0 bridgehead atoms. The Morgan fingerprint density at radius 2 is 1.85 bits per heavy atom. The van der Waals surface area contributed by atoms with Gasteiger partial charge >= 0.3 is 0 Å². The minimum Gasteiger partial charge on any atom is -0.384 e. The molecule has 0 amide bonds. The Bertz CT molecular complexity index is 1070. The lowest BCUT2D eigenvalue weighted by molar-refractivity contribution is 0.561. The molecule has 3 aromatic rings. The Hall–Kier alpha value is -2.41. The highest BCUT2D eigenvalue weighted by Crippen LogP contribution is 2.32. The highest BCUT2D eigenvalue weighted by molar-refractivity contribution is 7.91. The lowest BCUT2D eigenvalue weighted by Crippen LogP contribution is -2.28. The topological polar surface area (TPSA) is 102 Å². The average Bonchev–Trinajstić information content (AvgIpc) is 2.95. The Morgan fingerprint density at radius 3 is 2.50 bits per heavy atom. The fourth-order valence-electron chi connectivity index (χ4n) is 2.86. The Morgan fingerprint density at radius 1 is 1.12 bits per heavy atom. The molecule has 3 rings (SSSR count). The van der Waals surface area contributed by atoms with E-state index in [4.69, 9.17) is 5.73 Å². The van der Waals surface area contributed by atoms with Crippen molar-refractivity contribution in [3.05, 3.63) is 41.6 Å². The predicted octanol–water partition coefficient (Wildman–Crippen LogP) is 3.44. The largest absolute Gasteiger partial charge is 0.384 e. The number of rotatable bonds is 5. The first-order valence-electron chi connectivity index (χ1n) is 8.58. The lowest BCUT2D eigenvalue weighted by Gasteiger charge is -2.23. The summed E-state index contributed by atoms with van der Waals surface area (Å²) in [5, 5.41) is 0. The van der Waals surface area contributed by atoms with Crippen LogP contribution in [0.5, 0.6) is 0 Å². The number of sulfone groups is 1. The van der Waals surface area contributed by atoms with Crippen LogP contribution < -0.4 is 5.73 Å². The normalized spacial score (nSPS) is 12.6. The molecule has 0 aliphatic rings. The molecule has 0 aliphatic carbocycles. The molecule has 0 aliphatic heterocycles. The van der Waals surface area contributed by atoms with E-state index in [1.54, 1.807) is 26.0 Å². The van der Waals surface area contributed by atoms with Crippen LogP contribution in [0.1, 0.15) is 38.4 Å². The Balaban J connectivity index is 2.11. The number of aryl methyl sites for hydroxylation is 1. The molecule has 6 nitrogen and oxygen atoms in total. The van der Waals surface area contributed by atoms with Gasteiger partial charge in [-0.1, -0.05) is 13.3 Å². The zero-order valence-corrected chi connectivity index (χ0v) is 16.3. The van der Waals surface area contributed by atoms with E-state index in [0.29, 0.717) is 17.0 Å². The maximum absolute atomic E-state index is 12.2. The predicted molar refractivity (Wildman–Crippen MR) is 106 cm³/mol. The molecule has 7 heteroatoms. The molecule has 3 N–H and O–H groups in total. The Kier molecular flexibility index (Phi) is 4.52. The van der Waals surface area contributed by atoms with Gasteiger partial charge in [0.05, 0.1) is 27.2 Å². The van der Waals surface area contributed by atoms with E-state index in [9.17, 15) is 8.42 Å².